The van der Waals surface area contributed by atoms with Crippen molar-refractivity contribution < 1.29 is 4.39 Å². The van der Waals surface area contributed by atoms with Crippen LogP contribution < -0.4 is 0 Å². The molecule has 0 bridgehead atoms. The summed E-state index contributed by atoms with van der Waals surface area (Å²) in [6.45, 7) is 3.82. The second-order valence-electron chi connectivity index (χ2n) is 3.26. The quantitative estimate of drug-likeness (QED) is 0.456. The van der Waals surface area contributed by atoms with Gasteiger partial charge in [0.25, 0.3) is 0 Å². The van der Waals surface area contributed by atoms with Gasteiger partial charge in [-0.2, -0.15) is 0 Å². The third-order valence-electron chi connectivity index (χ3n) is 1.93. The zero-order valence-electron chi connectivity index (χ0n) is 5.58. The van der Waals surface area contributed by atoms with E-state index in [1.54, 1.807) is 6.92 Å². The maximum atomic E-state index is 12.9. The van der Waals surface area contributed by atoms with Crippen LogP contribution in [0.25, 0.3) is 0 Å². The van der Waals surface area contributed by atoms with Crippen molar-refractivity contribution in [3.05, 3.63) is 0 Å². The normalized spacial score (nSPS) is 47.6. The molecule has 0 aromatic rings. The number of alkyl halides is 1. The molecule has 1 heteroatoms. The summed E-state index contributed by atoms with van der Waals surface area (Å²) in [6.07, 6.45) is 2.62. The van der Waals surface area contributed by atoms with Gasteiger partial charge in [-0.1, -0.05) is 6.92 Å². The van der Waals surface area contributed by atoms with Crippen molar-refractivity contribution >= 4 is 0 Å². The summed E-state index contributed by atoms with van der Waals surface area (Å²) in [5.74, 6) is 0.616. The van der Waals surface area contributed by atoms with Gasteiger partial charge in [-0.15, -0.1) is 0 Å². The highest BCUT2D eigenvalue weighted by Crippen LogP contribution is 2.36. The molecular weight excluding hydrogens is 103 g/mol. The lowest BCUT2D eigenvalue weighted by Gasteiger charge is -2.09. The Hall–Kier alpha value is -0.0700. The van der Waals surface area contributed by atoms with Gasteiger partial charge >= 0.3 is 0 Å². The van der Waals surface area contributed by atoms with Crippen LogP contribution in [-0.4, -0.2) is 5.67 Å². The molecule has 8 heavy (non-hydrogen) atoms. The molecule has 0 N–H and O–H groups in total. The highest BCUT2D eigenvalue weighted by molar-refractivity contribution is 4.83. The second kappa shape index (κ2) is 1.71. The van der Waals surface area contributed by atoms with Crippen molar-refractivity contribution in [1.29, 1.82) is 0 Å². The van der Waals surface area contributed by atoms with Gasteiger partial charge < -0.3 is 0 Å². The van der Waals surface area contributed by atoms with Crippen LogP contribution in [0, 0.1) is 5.92 Å². The van der Waals surface area contributed by atoms with Gasteiger partial charge in [0.15, 0.2) is 0 Å². The van der Waals surface area contributed by atoms with E-state index in [4.69, 9.17) is 0 Å². The van der Waals surface area contributed by atoms with E-state index in [0.717, 1.165) is 19.3 Å². The lowest BCUT2D eigenvalue weighted by Crippen LogP contribution is -2.10. The fourth-order valence-electron chi connectivity index (χ4n) is 1.48. The van der Waals surface area contributed by atoms with Crippen LogP contribution in [0.4, 0.5) is 4.39 Å². The predicted octanol–water partition coefficient (Wildman–Crippen LogP) is 2.53. The minimum absolute atomic E-state index is 0.616. The van der Waals surface area contributed by atoms with Gasteiger partial charge in [-0.3, -0.25) is 0 Å². The Balaban J connectivity index is 2.44. The molecule has 1 aliphatic carbocycles. The third-order valence-corrected chi connectivity index (χ3v) is 1.93. The first-order chi connectivity index (χ1) is 3.60. The molecule has 1 saturated carbocycles. The first-order valence-electron chi connectivity index (χ1n) is 3.29. The summed E-state index contributed by atoms with van der Waals surface area (Å²) in [7, 11) is 0. The average molecular weight is 116 g/mol. The Bertz CT molecular complexity index is 86.4. The van der Waals surface area contributed by atoms with E-state index in [0.29, 0.717) is 5.92 Å². The SMILES string of the molecule is C[C@@H]1CCC(C)(F)C1. The molecule has 1 aliphatic rings. The number of hydrogen-bond donors (Lipinski definition) is 0. The molecule has 1 fully saturated rings. The number of hydrogen-bond acceptors (Lipinski definition) is 0. The molecule has 0 heterocycles. The van der Waals surface area contributed by atoms with Crippen LogP contribution in [0.2, 0.25) is 0 Å². The van der Waals surface area contributed by atoms with Gasteiger partial charge in [-0.25, -0.2) is 4.39 Å². The van der Waals surface area contributed by atoms with E-state index in [2.05, 4.69) is 6.92 Å². The molecule has 48 valence electrons. The predicted molar refractivity (Wildman–Crippen MR) is 32.5 cm³/mol. The summed E-state index contributed by atoms with van der Waals surface area (Å²) in [6, 6.07) is 0. The molecule has 0 amide bonds. The number of rotatable bonds is 0. The lowest BCUT2D eigenvalue weighted by molar-refractivity contribution is 0.194. The molecule has 0 aromatic carbocycles. The summed E-state index contributed by atoms with van der Waals surface area (Å²) >= 11 is 0. The molecule has 0 radical (unpaired) electrons. The van der Waals surface area contributed by atoms with Crippen molar-refractivity contribution in [2.75, 3.05) is 0 Å². The minimum atomic E-state index is -0.834. The van der Waals surface area contributed by atoms with Crippen molar-refractivity contribution in [3.8, 4) is 0 Å². The van der Waals surface area contributed by atoms with Gasteiger partial charge in [0.1, 0.15) is 5.67 Å². The molecule has 0 aromatic heterocycles. The van der Waals surface area contributed by atoms with E-state index in [-0.39, 0.29) is 0 Å². The van der Waals surface area contributed by atoms with E-state index in [1.165, 1.54) is 0 Å². The Morgan fingerprint density at radius 3 is 2.38 bits per heavy atom. The Morgan fingerprint density at radius 2 is 2.25 bits per heavy atom. The summed E-state index contributed by atoms with van der Waals surface area (Å²) in [5.41, 5.74) is -0.834. The molecule has 1 unspecified atom stereocenters. The number of halogens is 1. The van der Waals surface area contributed by atoms with Crippen LogP contribution in [0.15, 0.2) is 0 Å². The second-order valence-corrected chi connectivity index (χ2v) is 3.26. The summed E-state index contributed by atoms with van der Waals surface area (Å²) in [5, 5.41) is 0. The topological polar surface area (TPSA) is 0 Å². The van der Waals surface area contributed by atoms with Crippen molar-refractivity contribution in [3.63, 3.8) is 0 Å². The van der Waals surface area contributed by atoms with E-state index in [1.807, 2.05) is 0 Å². The van der Waals surface area contributed by atoms with Gasteiger partial charge in [0.05, 0.1) is 0 Å². The maximum Gasteiger partial charge on any atom is 0.108 e. The first kappa shape index (κ1) is 6.06. The molecule has 0 aliphatic heterocycles. The lowest BCUT2D eigenvalue weighted by atomic mass is 10.1. The summed E-state index contributed by atoms with van der Waals surface area (Å²) in [4.78, 5) is 0. The largest absolute Gasteiger partial charge is 0.244 e. The first-order valence-corrected chi connectivity index (χ1v) is 3.29. The van der Waals surface area contributed by atoms with E-state index >= 15 is 0 Å². The Labute approximate surface area is 50.1 Å². The van der Waals surface area contributed by atoms with Crippen LogP contribution in [0.1, 0.15) is 33.1 Å². The molecular formula is C7H13F. The zero-order chi connectivity index (χ0) is 6.20. The molecule has 0 nitrogen and oxygen atoms in total. The van der Waals surface area contributed by atoms with Crippen LogP contribution >= 0.6 is 0 Å². The monoisotopic (exact) mass is 116 g/mol. The molecule has 1 rings (SSSR count). The standard InChI is InChI=1S/C7H13F/c1-6-3-4-7(2,8)5-6/h6H,3-5H2,1-2H3/t6-,7?/m1/s1. The maximum absolute atomic E-state index is 12.9. The van der Waals surface area contributed by atoms with E-state index < -0.39 is 5.67 Å². The van der Waals surface area contributed by atoms with Crippen LogP contribution in [0.5, 0.6) is 0 Å². The summed E-state index contributed by atoms with van der Waals surface area (Å²) < 4.78 is 12.9. The fraction of sp³-hybridized carbons (Fsp3) is 1.00. The minimum Gasteiger partial charge on any atom is -0.244 e. The molecule has 2 atom stereocenters. The smallest absolute Gasteiger partial charge is 0.108 e. The third kappa shape index (κ3) is 1.21. The van der Waals surface area contributed by atoms with Crippen molar-refractivity contribution in [2.24, 2.45) is 5.92 Å². The fourth-order valence-corrected chi connectivity index (χ4v) is 1.48. The van der Waals surface area contributed by atoms with Crippen molar-refractivity contribution in [1.82, 2.24) is 0 Å². The van der Waals surface area contributed by atoms with Gasteiger partial charge in [0.2, 0.25) is 0 Å². The zero-order valence-corrected chi connectivity index (χ0v) is 5.58. The van der Waals surface area contributed by atoms with E-state index in [9.17, 15) is 4.39 Å². The van der Waals surface area contributed by atoms with Gasteiger partial charge in [0, 0.05) is 0 Å². The van der Waals surface area contributed by atoms with Crippen LogP contribution in [0.3, 0.4) is 0 Å². The Morgan fingerprint density at radius 1 is 1.62 bits per heavy atom. The average Bonchev–Trinajstić information content (AvgIpc) is 1.82. The van der Waals surface area contributed by atoms with Crippen molar-refractivity contribution in [2.45, 2.75) is 38.8 Å². The van der Waals surface area contributed by atoms with Crippen LogP contribution in [-0.2, 0) is 0 Å². The molecule has 0 spiro atoms. The highest BCUT2D eigenvalue weighted by atomic mass is 19.1. The highest BCUT2D eigenvalue weighted by Gasteiger charge is 2.32. The van der Waals surface area contributed by atoms with Gasteiger partial charge in [-0.05, 0) is 32.1 Å². The molecule has 0 saturated heterocycles. The Kier molecular flexibility index (Phi) is 1.30.